The monoisotopic (exact) mass is 330 g/mol. The van der Waals surface area contributed by atoms with Crippen LogP contribution in [0.5, 0.6) is 0 Å². The molecule has 6 heteroatoms. The van der Waals surface area contributed by atoms with Gasteiger partial charge in [0.25, 0.3) is 0 Å². The Balaban J connectivity index is 2.08. The molecule has 0 aromatic heterocycles. The van der Waals surface area contributed by atoms with Crippen molar-refractivity contribution in [2.24, 2.45) is 0 Å². The maximum absolute atomic E-state index is 12.6. The van der Waals surface area contributed by atoms with E-state index in [0.717, 1.165) is 24.8 Å². The van der Waals surface area contributed by atoms with Gasteiger partial charge in [0.2, 0.25) is 10.0 Å². The lowest BCUT2D eigenvalue weighted by molar-refractivity contribution is 0.196. The fraction of sp³-hybridized carbons (Fsp3) is 0.600. The van der Waals surface area contributed by atoms with Gasteiger partial charge in [-0.2, -0.15) is 4.31 Å². The zero-order valence-corrected chi connectivity index (χ0v) is 14.2. The van der Waals surface area contributed by atoms with E-state index in [1.54, 1.807) is 16.4 Å². The first-order valence-electron chi connectivity index (χ1n) is 7.26. The number of sulfonamides is 1. The van der Waals surface area contributed by atoms with Gasteiger partial charge in [0.1, 0.15) is 0 Å². The summed E-state index contributed by atoms with van der Waals surface area (Å²) >= 11 is 5.70. The summed E-state index contributed by atoms with van der Waals surface area (Å²) in [5.41, 5.74) is 1.07. The zero-order valence-electron chi connectivity index (χ0n) is 12.6. The third kappa shape index (κ3) is 3.97. The lowest BCUT2D eigenvalue weighted by Gasteiger charge is -2.34. The topological polar surface area (TPSA) is 40.6 Å². The van der Waals surface area contributed by atoms with Crippen molar-refractivity contribution in [3.05, 3.63) is 29.8 Å². The van der Waals surface area contributed by atoms with Crippen molar-refractivity contribution in [1.29, 1.82) is 0 Å². The lowest BCUT2D eigenvalue weighted by Crippen LogP contribution is -2.44. The fourth-order valence-corrected chi connectivity index (χ4v) is 4.37. The SMILES string of the molecule is CN(C)C1CCN(S(=O)(=O)c2ccc(CCCl)cc2)CC1. The van der Waals surface area contributed by atoms with E-state index in [9.17, 15) is 8.42 Å². The van der Waals surface area contributed by atoms with E-state index < -0.39 is 10.0 Å². The summed E-state index contributed by atoms with van der Waals surface area (Å²) in [7, 11) is 0.731. The van der Waals surface area contributed by atoms with Crippen molar-refractivity contribution in [3.63, 3.8) is 0 Å². The molecule has 1 aliphatic heterocycles. The van der Waals surface area contributed by atoms with Gasteiger partial charge in [-0.15, -0.1) is 11.6 Å². The number of halogens is 1. The van der Waals surface area contributed by atoms with Gasteiger partial charge in [0.15, 0.2) is 0 Å². The van der Waals surface area contributed by atoms with E-state index in [1.807, 2.05) is 26.2 Å². The molecular formula is C15H23ClN2O2S. The minimum atomic E-state index is -3.36. The minimum absolute atomic E-state index is 0.379. The minimum Gasteiger partial charge on any atom is -0.306 e. The highest BCUT2D eigenvalue weighted by Gasteiger charge is 2.29. The third-order valence-corrected chi connectivity index (χ3v) is 6.20. The zero-order chi connectivity index (χ0) is 15.5. The average molecular weight is 331 g/mol. The van der Waals surface area contributed by atoms with Crippen LogP contribution in [0.1, 0.15) is 18.4 Å². The molecule has 0 atom stereocenters. The molecule has 1 saturated heterocycles. The van der Waals surface area contributed by atoms with E-state index in [0.29, 0.717) is 29.9 Å². The van der Waals surface area contributed by atoms with E-state index in [-0.39, 0.29) is 0 Å². The maximum atomic E-state index is 12.6. The number of rotatable bonds is 5. The third-order valence-electron chi connectivity index (χ3n) is 4.10. The predicted octanol–water partition coefficient (Wildman–Crippen LogP) is 2.18. The molecule has 0 aliphatic carbocycles. The molecule has 2 rings (SSSR count). The fourth-order valence-electron chi connectivity index (χ4n) is 2.69. The number of benzene rings is 1. The van der Waals surface area contributed by atoms with Crippen LogP contribution in [0.15, 0.2) is 29.2 Å². The number of piperidine rings is 1. The van der Waals surface area contributed by atoms with Gasteiger partial charge in [0.05, 0.1) is 4.90 Å². The maximum Gasteiger partial charge on any atom is 0.243 e. The Morgan fingerprint density at radius 2 is 1.76 bits per heavy atom. The Bertz CT molecular complexity index is 550. The van der Waals surface area contributed by atoms with Crippen molar-refractivity contribution in [2.45, 2.75) is 30.2 Å². The van der Waals surface area contributed by atoms with Crippen LogP contribution in [0, 0.1) is 0 Å². The summed E-state index contributed by atoms with van der Waals surface area (Å²) in [4.78, 5) is 2.55. The highest BCUT2D eigenvalue weighted by molar-refractivity contribution is 7.89. The highest BCUT2D eigenvalue weighted by Crippen LogP contribution is 2.22. The first-order chi connectivity index (χ1) is 9.95. The summed E-state index contributed by atoms with van der Waals surface area (Å²) in [5.74, 6) is 0.546. The van der Waals surface area contributed by atoms with Crippen molar-refractivity contribution in [1.82, 2.24) is 9.21 Å². The predicted molar refractivity (Wildman–Crippen MR) is 86.3 cm³/mol. The van der Waals surface area contributed by atoms with Crippen molar-refractivity contribution in [3.8, 4) is 0 Å². The Hall–Kier alpha value is -0.620. The number of aryl methyl sites for hydroxylation is 1. The quantitative estimate of drug-likeness (QED) is 0.777. The molecule has 1 aromatic carbocycles. The van der Waals surface area contributed by atoms with Crippen LogP contribution in [0.2, 0.25) is 0 Å². The molecule has 118 valence electrons. The van der Waals surface area contributed by atoms with E-state index in [4.69, 9.17) is 11.6 Å². The van der Waals surface area contributed by atoms with Gasteiger partial charge in [-0.3, -0.25) is 0 Å². The molecule has 0 N–H and O–H groups in total. The highest BCUT2D eigenvalue weighted by atomic mass is 35.5. The summed E-state index contributed by atoms with van der Waals surface area (Å²) < 4.78 is 26.8. The smallest absolute Gasteiger partial charge is 0.243 e. The summed E-state index contributed by atoms with van der Waals surface area (Å²) in [6, 6.07) is 7.55. The number of hydrogen-bond donors (Lipinski definition) is 0. The molecule has 1 aromatic rings. The van der Waals surface area contributed by atoms with Gasteiger partial charge in [-0.1, -0.05) is 12.1 Å². The second kappa shape index (κ2) is 7.09. The van der Waals surface area contributed by atoms with Gasteiger partial charge >= 0.3 is 0 Å². The van der Waals surface area contributed by atoms with Crippen molar-refractivity contribution >= 4 is 21.6 Å². The summed E-state index contributed by atoms with van der Waals surface area (Å²) in [6.45, 7) is 1.18. The lowest BCUT2D eigenvalue weighted by atomic mass is 10.1. The Labute approximate surface area is 132 Å². The van der Waals surface area contributed by atoms with Crippen LogP contribution in [-0.2, 0) is 16.4 Å². The summed E-state index contributed by atoms with van der Waals surface area (Å²) in [5, 5.41) is 0. The molecule has 1 aliphatic rings. The molecule has 0 saturated carbocycles. The Morgan fingerprint density at radius 1 is 1.19 bits per heavy atom. The molecule has 1 fully saturated rings. The molecule has 1 heterocycles. The molecule has 0 radical (unpaired) electrons. The van der Waals surface area contributed by atoms with Crippen LogP contribution >= 0.6 is 11.6 Å². The molecule has 21 heavy (non-hydrogen) atoms. The van der Waals surface area contributed by atoms with Crippen LogP contribution in [0.4, 0.5) is 0 Å². The van der Waals surface area contributed by atoms with Gasteiger partial charge in [-0.05, 0) is 51.1 Å². The van der Waals surface area contributed by atoms with Gasteiger partial charge < -0.3 is 4.90 Å². The Morgan fingerprint density at radius 3 is 2.24 bits per heavy atom. The normalized spacial score (nSPS) is 18.3. The molecule has 0 bridgehead atoms. The van der Waals surface area contributed by atoms with Crippen LogP contribution in [0.25, 0.3) is 0 Å². The van der Waals surface area contributed by atoms with Crippen LogP contribution < -0.4 is 0 Å². The van der Waals surface area contributed by atoms with E-state index in [2.05, 4.69) is 4.90 Å². The largest absolute Gasteiger partial charge is 0.306 e. The molecule has 0 unspecified atom stereocenters. The Kier molecular flexibility index (Phi) is 5.66. The standard InChI is InChI=1S/C15H23ClN2O2S/c1-17(2)14-8-11-18(12-9-14)21(19,20)15-5-3-13(4-6-15)7-10-16/h3-6,14H,7-12H2,1-2H3. The van der Waals surface area contributed by atoms with Crippen LogP contribution in [0.3, 0.4) is 0 Å². The molecule has 0 amide bonds. The second-order valence-corrected chi connectivity index (χ2v) is 8.00. The van der Waals surface area contributed by atoms with E-state index in [1.165, 1.54) is 0 Å². The van der Waals surface area contributed by atoms with E-state index >= 15 is 0 Å². The van der Waals surface area contributed by atoms with Crippen molar-refractivity contribution < 1.29 is 8.42 Å². The van der Waals surface area contributed by atoms with Gasteiger partial charge in [0, 0.05) is 25.0 Å². The number of nitrogens with zero attached hydrogens (tertiary/aromatic N) is 2. The van der Waals surface area contributed by atoms with Crippen molar-refractivity contribution in [2.75, 3.05) is 33.1 Å². The second-order valence-electron chi connectivity index (χ2n) is 5.68. The first-order valence-corrected chi connectivity index (χ1v) is 9.24. The molecule has 0 spiro atoms. The average Bonchev–Trinajstić information content (AvgIpc) is 2.48. The molecule has 4 nitrogen and oxygen atoms in total. The van der Waals surface area contributed by atoms with Crippen LogP contribution in [-0.4, -0.2) is 56.7 Å². The van der Waals surface area contributed by atoms with Gasteiger partial charge in [-0.25, -0.2) is 8.42 Å². The molecular weight excluding hydrogens is 308 g/mol. The summed E-state index contributed by atoms with van der Waals surface area (Å²) in [6.07, 6.45) is 2.53. The number of hydrogen-bond acceptors (Lipinski definition) is 3. The number of alkyl halides is 1. The first kappa shape index (κ1) is 16.7.